The second-order valence-electron chi connectivity index (χ2n) is 11.5. The van der Waals surface area contributed by atoms with Crippen molar-refractivity contribution >= 4 is 38.9 Å². The van der Waals surface area contributed by atoms with Gasteiger partial charge in [-0.3, -0.25) is 9.59 Å². The number of aliphatic hydroxyl groups excluding tert-OH is 1. The standard InChI is InChI=1S/C28H30ClF3N2O7S/c29-19-6-3-14(25(36)34-17-11-20(30)24(32)21(31)12-17)8-22(19)42(40,41)18-9-15-4-5-16(10-18)28(15,39)13-33-26(37)27(38)7-1-2-23(27)35/h3,6,8,11-12,15-16,18,23,35,38-39H,1-2,4-5,7,9-10,13H2,(H,33,37)(H,34,36)/t15?,16?,18?,23-,27+,28?/m1/s1. The number of benzene rings is 2. The number of hydrogen-bond acceptors (Lipinski definition) is 7. The van der Waals surface area contributed by atoms with Crippen LogP contribution in [0.1, 0.15) is 55.3 Å². The van der Waals surface area contributed by atoms with Gasteiger partial charge in [0.2, 0.25) is 0 Å². The summed E-state index contributed by atoms with van der Waals surface area (Å²) in [6.45, 7) is -0.204. The molecule has 0 spiro atoms. The van der Waals surface area contributed by atoms with Gasteiger partial charge in [0.25, 0.3) is 11.8 Å². The van der Waals surface area contributed by atoms with E-state index in [1.807, 2.05) is 0 Å². The molecular weight excluding hydrogens is 601 g/mol. The van der Waals surface area contributed by atoms with Gasteiger partial charge in [-0.2, -0.15) is 0 Å². The predicted molar refractivity (Wildman–Crippen MR) is 145 cm³/mol. The van der Waals surface area contributed by atoms with Gasteiger partial charge in [-0.05, 0) is 75.0 Å². The molecule has 0 saturated heterocycles. The van der Waals surface area contributed by atoms with Crippen LogP contribution in [0.3, 0.4) is 0 Å². The first-order chi connectivity index (χ1) is 19.7. The van der Waals surface area contributed by atoms with Gasteiger partial charge in [-0.1, -0.05) is 11.6 Å². The first-order valence-corrected chi connectivity index (χ1v) is 15.5. The lowest BCUT2D eigenvalue weighted by Gasteiger charge is -2.43. The molecule has 2 unspecified atom stereocenters. The number of hydrogen-bond donors (Lipinski definition) is 5. The lowest BCUT2D eigenvalue weighted by atomic mass is 9.74. The van der Waals surface area contributed by atoms with E-state index in [2.05, 4.69) is 10.6 Å². The molecule has 2 aromatic carbocycles. The van der Waals surface area contributed by atoms with Gasteiger partial charge in [0.15, 0.2) is 32.9 Å². The highest BCUT2D eigenvalue weighted by Crippen LogP contribution is 2.52. The van der Waals surface area contributed by atoms with Gasteiger partial charge in [0, 0.05) is 29.9 Å². The summed E-state index contributed by atoms with van der Waals surface area (Å²) >= 11 is 6.25. The molecule has 2 bridgehead atoms. The fourth-order valence-corrected chi connectivity index (χ4v) is 9.04. The summed E-state index contributed by atoms with van der Waals surface area (Å²) in [5, 5.41) is 35.8. The average Bonchev–Trinajstić information content (AvgIpc) is 3.31. The summed E-state index contributed by atoms with van der Waals surface area (Å²) in [4.78, 5) is 25.1. The van der Waals surface area contributed by atoms with E-state index in [9.17, 15) is 46.5 Å². The SMILES string of the molecule is O=C(Nc1cc(F)c(F)c(F)c1)c1ccc(Cl)c(S(=O)(=O)C2CC3CCC(C2)C3(O)CNC(=O)[C@]2(O)CCC[C@H]2O)c1. The lowest BCUT2D eigenvalue weighted by molar-refractivity contribution is -0.151. The Hall–Kier alpha value is -2.71. The third-order valence-electron chi connectivity index (χ3n) is 9.06. The Kier molecular flexibility index (Phi) is 8.12. The Morgan fingerprint density at radius 1 is 1.00 bits per heavy atom. The van der Waals surface area contributed by atoms with Crippen LogP contribution >= 0.6 is 11.6 Å². The molecule has 0 aromatic heterocycles. The summed E-state index contributed by atoms with van der Waals surface area (Å²) in [6, 6.07) is 4.66. The third-order valence-corrected chi connectivity index (χ3v) is 11.7. The minimum Gasteiger partial charge on any atom is -0.390 e. The van der Waals surface area contributed by atoms with Gasteiger partial charge in [0.05, 0.1) is 26.9 Å². The monoisotopic (exact) mass is 630 g/mol. The maximum Gasteiger partial charge on any atom is 0.255 e. The molecule has 14 heteroatoms. The van der Waals surface area contributed by atoms with Gasteiger partial charge >= 0.3 is 0 Å². The molecule has 4 atom stereocenters. The van der Waals surface area contributed by atoms with Crippen molar-refractivity contribution in [2.45, 2.75) is 72.4 Å². The Morgan fingerprint density at radius 3 is 2.19 bits per heavy atom. The van der Waals surface area contributed by atoms with Gasteiger partial charge in [-0.25, -0.2) is 21.6 Å². The van der Waals surface area contributed by atoms with Crippen LogP contribution in [0.4, 0.5) is 18.9 Å². The second-order valence-corrected chi connectivity index (χ2v) is 14.1. The van der Waals surface area contributed by atoms with Crippen LogP contribution < -0.4 is 10.6 Å². The van der Waals surface area contributed by atoms with E-state index in [0.717, 1.165) is 6.07 Å². The van der Waals surface area contributed by atoms with Crippen molar-refractivity contribution in [3.8, 4) is 0 Å². The van der Waals surface area contributed by atoms with Crippen molar-refractivity contribution in [3.63, 3.8) is 0 Å². The normalized spacial score (nSPS) is 30.7. The van der Waals surface area contributed by atoms with Crippen LogP contribution in [-0.4, -0.2) is 64.7 Å². The molecule has 228 valence electrons. The van der Waals surface area contributed by atoms with Crippen LogP contribution in [0.25, 0.3) is 0 Å². The highest BCUT2D eigenvalue weighted by Gasteiger charge is 2.56. The third kappa shape index (κ3) is 5.30. The minimum atomic E-state index is -4.13. The van der Waals surface area contributed by atoms with E-state index in [1.54, 1.807) is 0 Å². The quantitative estimate of drug-likeness (QED) is 0.295. The van der Waals surface area contributed by atoms with E-state index >= 15 is 0 Å². The van der Waals surface area contributed by atoms with E-state index in [1.165, 1.54) is 12.1 Å². The maximum absolute atomic E-state index is 13.7. The fourth-order valence-electron chi connectivity index (χ4n) is 6.64. The molecule has 3 saturated carbocycles. The fraction of sp³-hybridized carbons (Fsp3) is 0.500. The summed E-state index contributed by atoms with van der Waals surface area (Å²) in [6.07, 6.45) is 0.792. The molecule has 3 aliphatic carbocycles. The van der Waals surface area contributed by atoms with E-state index < -0.39 is 73.5 Å². The Labute approximate surface area is 245 Å². The summed E-state index contributed by atoms with van der Waals surface area (Å²) in [5.74, 6) is -7.39. The Morgan fingerprint density at radius 2 is 1.62 bits per heavy atom. The smallest absolute Gasteiger partial charge is 0.255 e. The Balaban J connectivity index is 1.31. The zero-order valence-electron chi connectivity index (χ0n) is 22.2. The van der Waals surface area contributed by atoms with Crippen LogP contribution in [0.15, 0.2) is 35.2 Å². The largest absolute Gasteiger partial charge is 0.390 e. The first kappa shape index (κ1) is 30.7. The highest BCUT2D eigenvalue weighted by atomic mass is 35.5. The zero-order chi connectivity index (χ0) is 30.6. The number of rotatable bonds is 7. The highest BCUT2D eigenvalue weighted by molar-refractivity contribution is 7.92. The van der Waals surface area contributed by atoms with Crippen molar-refractivity contribution in [3.05, 3.63) is 58.4 Å². The molecule has 3 aliphatic rings. The number of anilines is 1. The number of nitrogens with one attached hydrogen (secondary N) is 2. The Bertz CT molecular complexity index is 1500. The van der Waals surface area contributed by atoms with Crippen LogP contribution in [0.5, 0.6) is 0 Å². The van der Waals surface area contributed by atoms with Crippen molar-refractivity contribution in [2.75, 3.05) is 11.9 Å². The summed E-state index contributed by atoms with van der Waals surface area (Å²) in [5.41, 5.74) is -3.88. The summed E-state index contributed by atoms with van der Waals surface area (Å²) in [7, 11) is -4.13. The molecule has 2 aromatic rings. The van der Waals surface area contributed by atoms with Crippen molar-refractivity contribution in [2.24, 2.45) is 11.8 Å². The molecule has 42 heavy (non-hydrogen) atoms. The number of fused-ring (bicyclic) bond motifs is 2. The first-order valence-electron chi connectivity index (χ1n) is 13.6. The molecule has 5 N–H and O–H groups in total. The van der Waals surface area contributed by atoms with Crippen LogP contribution in [-0.2, 0) is 14.6 Å². The van der Waals surface area contributed by atoms with Gasteiger partial charge < -0.3 is 26.0 Å². The van der Waals surface area contributed by atoms with Gasteiger partial charge in [-0.15, -0.1) is 0 Å². The van der Waals surface area contributed by atoms with E-state index in [4.69, 9.17) is 11.6 Å². The number of amides is 2. The molecule has 5 rings (SSSR count). The molecular formula is C28H30ClF3N2O7S. The predicted octanol–water partition coefficient (Wildman–Crippen LogP) is 3.10. The number of carbonyl (C=O) groups excluding carboxylic acids is 2. The van der Waals surface area contributed by atoms with Crippen LogP contribution in [0.2, 0.25) is 5.02 Å². The molecule has 0 radical (unpaired) electrons. The number of sulfone groups is 1. The lowest BCUT2D eigenvalue weighted by Crippen LogP contribution is -2.59. The molecule has 2 amide bonds. The maximum atomic E-state index is 13.7. The molecule has 9 nitrogen and oxygen atoms in total. The average molecular weight is 631 g/mol. The number of aliphatic hydroxyl groups is 3. The van der Waals surface area contributed by atoms with E-state index in [-0.39, 0.29) is 53.4 Å². The zero-order valence-corrected chi connectivity index (χ0v) is 23.8. The van der Waals surface area contributed by atoms with E-state index in [0.29, 0.717) is 31.4 Å². The second kappa shape index (κ2) is 11.1. The van der Waals surface area contributed by atoms with Crippen molar-refractivity contribution in [1.82, 2.24) is 5.32 Å². The number of halogens is 4. The van der Waals surface area contributed by atoms with Gasteiger partial charge in [0.1, 0.15) is 0 Å². The molecule has 0 heterocycles. The topological polar surface area (TPSA) is 153 Å². The molecule has 3 fully saturated rings. The van der Waals surface area contributed by atoms with Crippen molar-refractivity contribution < 1.29 is 46.5 Å². The molecule has 0 aliphatic heterocycles. The van der Waals surface area contributed by atoms with Crippen LogP contribution in [0, 0.1) is 29.3 Å². The van der Waals surface area contributed by atoms with Crippen molar-refractivity contribution in [1.29, 1.82) is 0 Å². The summed E-state index contributed by atoms with van der Waals surface area (Å²) < 4.78 is 67.9. The number of carbonyl (C=O) groups is 2. The minimum absolute atomic E-state index is 0.0545.